The molecule has 0 unspecified atom stereocenters. The zero-order valence-corrected chi connectivity index (χ0v) is 8.03. The molecule has 1 N–H and O–H groups in total. The monoisotopic (exact) mass is 199 g/mol. The molecular weight excluding hydrogens is 188 g/mol. The van der Waals surface area contributed by atoms with Crippen molar-refractivity contribution in [3.63, 3.8) is 0 Å². The van der Waals surface area contributed by atoms with Crippen LogP contribution in [0.3, 0.4) is 0 Å². The first kappa shape index (κ1) is 10.8. The quantitative estimate of drug-likeness (QED) is 0.750. The van der Waals surface area contributed by atoms with E-state index in [1.54, 1.807) is 7.05 Å². The molecule has 0 atom stereocenters. The van der Waals surface area contributed by atoms with Crippen LogP contribution >= 0.6 is 0 Å². The molecule has 0 aliphatic heterocycles. The summed E-state index contributed by atoms with van der Waals surface area (Å²) in [5.41, 5.74) is 0.334. The largest absolute Gasteiger partial charge is 0.313 e. The Kier molecular flexibility index (Phi) is 3.30. The Morgan fingerprint density at radius 1 is 1.43 bits per heavy atom. The van der Waals surface area contributed by atoms with Crippen LogP contribution in [0.2, 0.25) is 0 Å². The Hall–Kier alpha value is -1.29. The van der Waals surface area contributed by atoms with Crippen LogP contribution in [0.15, 0.2) is 12.1 Å². The maximum absolute atomic E-state index is 12.9. The van der Waals surface area contributed by atoms with Crippen molar-refractivity contribution in [2.45, 2.75) is 6.92 Å². The topological polar surface area (TPSA) is 29.1 Å². The van der Waals surface area contributed by atoms with Crippen LogP contribution in [0.4, 0.5) is 8.78 Å². The third-order valence-corrected chi connectivity index (χ3v) is 1.87. The Labute approximate surface area is 80.9 Å². The van der Waals surface area contributed by atoms with Gasteiger partial charge in [0.15, 0.2) is 17.4 Å². The normalized spacial score (nSPS) is 10.3. The highest BCUT2D eigenvalue weighted by atomic mass is 19.2. The summed E-state index contributed by atoms with van der Waals surface area (Å²) in [5, 5.41) is 2.65. The number of nitrogens with one attached hydrogen (secondary N) is 1. The van der Waals surface area contributed by atoms with E-state index in [2.05, 4.69) is 5.32 Å². The van der Waals surface area contributed by atoms with Crippen LogP contribution in [0, 0.1) is 18.6 Å². The molecule has 0 aliphatic rings. The minimum absolute atomic E-state index is 0.116. The lowest BCUT2D eigenvalue weighted by Gasteiger charge is -2.03. The molecule has 0 fully saturated rings. The number of aryl methyl sites for hydroxylation is 1. The molecule has 1 aromatic rings. The van der Waals surface area contributed by atoms with E-state index in [1.807, 2.05) is 0 Å². The maximum Gasteiger partial charge on any atom is 0.176 e. The Morgan fingerprint density at radius 2 is 2.07 bits per heavy atom. The standard InChI is InChI=1S/C10H11F2NO/c1-6-3-7(9(14)5-13-2)4-8(11)10(6)12/h3-4,13H,5H2,1-2H3. The van der Waals surface area contributed by atoms with E-state index in [9.17, 15) is 13.6 Å². The van der Waals surface area contributed by atoms with Crippen molar-refractivity contribution in [2.75, 3.05) is 13.6 Å². The molecule has 0 aliphatic carbocycles. The first-order chi connectivity index (χ1) is 6.56. The van der Waals surface area contributed by atoms with Crippen molar-refractivity contribution in [3.05, 3.63) is 34.9 Å². The molecule has 1 aromatic carbocycles. The summed E-state index contributed by atoms with van der Waals surface area (Å²) in [6.45, 7) is 1.54. The summed E-state index contributed by atoms with van der Waals surface area (Å²) in [6, 6.07) is 2.26. The predicted molar refractivity (Wildman–Crippen MR) is 49.4 cm³/mol. The SMILES string of the molecule is CNCC(=O)c1cc(C)c(F)c(F)c1. The molecular formula is C10H11F2NO. The minimum atomic E-state index is -0.982. The fraction of sp³-hybridized carbons (Fsp3) is 0.300. The number of rotatable bonds is 3. The van der Waals surface area contributed by atoms with Gasteiger partial charge >= 0.3 is 0 Å². The molecule has 0 aromatic heterocycles. The molecule has 14 heavy (non-hydrogen) atoms. The van der Waals surface area contributed by atoms with E-state index < -0.39 is 11.6 Å². The van der Waals surface area contributed by atoms with E-state index in [-0.39, 0.29) is 23.5 Å². The Balaban J connectivity index is 3.06. The van der Waals surface area contributed by atoms with Gasteiger partial charge in [-0.25, -0.2) is 8.78 Å². The van der Waals surface area contributed by atoms with Crippen LogP contribution in [0.1, 0.15) is 15.9 Å². The molecule has 4 heteroatoms. The second-order valence-electron chi connectivity index (χ2n) is 3.04. The highest BCUT2D eigenvalue weighted by Crippen LogP contribution is 2.14. The number of benzene rings is 1. The molecule has 1 rings (SSSR count). The van der Waals surface area contributed by atoms with Gasteiger partial charge in [-0.05, 0) is 31.7 Å². The number of carbonyl (C=O) groups is 1. The van der Waals surface area contributed by atoms with Gasteiger partial charge in [0.1, 0.15) is 0 Å². The van der Waals surface area contributed by atoms with Gasteiger partial charge in [0, 0.05) is 5.56 Å². The lowest BCUT2D eigenvalue weighted by Crippen LogP contribution is -2.19. The summed E-state index contributed by atoms with van der Waals surface area (Å²) in [5.74, 6) is -2.13. The highest BCUT2D eigenvalue weighted by Gasteiger charge is 2.11. The van der Waals surface area contributed by atoms with E-state index in [0.717, 1.165) is 6.07 Å². The van der Waals surface area contributed by atoms with E-state index in [1.165, 1.54) is 13.0 Å². The third-order valence-electron chi connectivity index (χ3n) is 1.87. The fourth-order valence-corrected chi connectivity index (χ4v) is 1.15. The molecule has 2 nitrogen and oxygen atoms in total. The number of carbonyl (C=O) groups excluding carboxylic acids is 1. The molecule has 0 radical (unpaired) electrons. The van der Waals surface area contributed by atoms with Crippen LogP contribution in [-0.4, -0.2) is 19.4 Å². The Bertz CT molecular complexity index is 340. The van der Waals surface area contributed by atoms with Gasteiger partial charge < -0.3 is 5.32 Å². The minimum Gasteiger partial charge on any atom is -0.313 e. The van der Waals surface area contributed by atoms with Gasteiger partial charge in [-0.1, -0.05) is 0 Å². The first-order valence-electron chi connectivity index (χ1n) is 4.19. The van der Waals surface area contributed by atoms with Crippen molar-refractivity contribution >= 4 is 5.78 Å². The van der Waals surface area contributed by atoms with Crippen molar-refractivity contribution < 1.29 is 13.6 Å². The first-order valence-corrected chi connectivity index (χ1v) is 4.19. The summed E-state index contributed by atoms with van der Waals surface area (Å²) in [7, 11) is 1.62. The summed E-state index contributed by atoms with van der Waals surface area (Å²) in [6.07, 6.45) is 0. The van der Waals surface area contributed by atoms with Gasteiger partial charge in [-0.2, -0.15) is 0 Å². The molecule has 0 spiro atoms. The van der Waals surface area contributed by atoms with Crippen LogP contribution in [0.5, 0.6) is 0 Å². The zero-order valence-electron chi connectivity index (χ0n) is 8.03. The summed E-state index contributed by atoms with van der Waals surface area (Å²) in [4.78, 5) is 11.3. The molecule has 0 saturated carbocycles. The average Bonchev–Trinajstić information content (AvgIpc) is 2.13. The van der Waals surface area contributed by atoms with E-state index >= 15 is 0 Å². The number of halogens is 2. The van der Waals surface area contributed by atoms with Gasteiger partial charge in [-0.3, -0.25) is 4.79 Å². The lowest BCUT2D eigenvalue weighted by molar-refractivity contribution is 0.0993. The summed E-state index contributed by atoms with van der Waals surface area (Å²) >= 11 is 0. The Morgan fingerprint density at radius 3 is 2.57 bits per heavy atom. The second-order valence-corrected chi connectivity index (χ2v) is 3.04. The van der Waals surface area contributed by atoms with Gasteiger partial charge in [0.2, 0.25) is 0 Å². The van der Waals surface area contributed by atoms with Crippen LogP contribution in [0.25, 0.3) is 0 Å². The molecule has 76 valence electrons. The van der Waals surface area contributed by atoms with Crippen molar-refractivity contribution in [1.29, 1.82) is 0 Å². The zero-order chi connectivity index (χ0) is 10.7. The van der Waals surface area contributed by atoms with Crippen molar-refractivity contribution in [2.24, 2.45) is 0 Å². The van der Waals surface area contributed by atoms with E-state index in [0.29, 0.717) is 0 Å². The van der Waals surface area contributed by atoms with Crippen molar-refractivity contribution in [1.82, 2.24) is 5.32 Å². The van der Waals surface area contributed by atoms with Gasteiger partial charge in [0.05, 0.1) is 6.54 Å². The maximum atomic E-state index is 12.9. The second kappa shape index (κ2) is 4.28. The van der Waals surface area contributed by atoms with Crippen LogP contribution in [-0.2, 0) is 0 Å². The van der Waals surface area contributed by atoms with Crippen LogP contribution < -0.4 is 5.32 Å². The predicted octanol–water partition coefficient (Wildman–Crippen LogP) is 1.68. The fourth-order valence-electron chi connectivity index (χ4n) is 1.15. The average molecular weight is 199 g/mol. The number of likely N-dealkylation sites (N-methyl/N-ethyl adjacent to an activating group) is 1. The van der Waals surface area contributed by atoms with Gasteiger partial charge in [0.25, 0.3) is 0 Å². The number of ketones is 1. The number of hydrogen-bond donors (Lipinski definition) is 1. The molecule has 0 saturated heterocycles. The smallest absolute Gasteiger partial charge is 0.176 e. The molecule has 0 amide bonds. The number of Topliss-reactive ketones (excluding diaryl/α,β-unsaturated/α-hetero) is 1. The van der Waals surface area contributed by atoms with Gasteiger partial charge in [-0.15, -0.1) is 0 Å². The third kappa shape index (κ3) is 2.14. The highest BCUT2D eigenvalue weighted by molar-refractivity contribution is 5.97. The van der Waals surface area contributed by atoms with E-state index in [4.69, 9.17) is 0 Å². The molecule has 0 heterocycles. The lowest BCUT2D eigenvalue weighted by atomic mass is 10.1. The number of hydrogen-bond acceptors (Lipinski definition) is 2. The molecule has 0 bridgehead atoms. The summed E-state index contributed by atoms with van der Waals surface area (Å²) < 4.78 is 25.8. The van der Waals surface area contributed by atoms with Crippen molar-refractivity contribution in [3.8, 4) is 0 Å².